The third-order valence-electron chi connectivity index (χ3n) is 1.80. The first-order valence-electron chi connectivity index (χ1n) is 4.36. The maximum absolute atomic E-state index is 11.0. The second-order valence-electron chi connectivity index (χ2n) is 2.96. The van der Waals surface area contributed by atoms with Crippen molar-refractivity contribution in [3.05, 3.63) is 59.0 Å². The Morgan fingerprint density at radius 2 is 1.80 bits per heavy atom. The minimum atomic E-state index is 0.495. The molecule has 1 heterocycles. The number of ether oxygens (including phenoxy) is 1. The number of pyridine rings is 1. The van der Waals surface area contributed by atoms with Crippen molar-refractivity contribution in [1.82, 2.24) is 0 Å². The molecule has 15 heavy (non-hydrogen) atoms. The van der Waals surface area contributed by atoms with Gasteiger partial charge >= 0.3 is 0 Å². The maximum atomic E-state index is 11.0. The smallest absolute Gasteiger partial charge is 0.223 e. The third-order valence-corrected chi connectivity index (χ3v) is 2.05. The summed E-state index contributed by atoms with van der Waals surface area (Å²) in [7, 11) is 0. The van der Waals surface area contributed by atoms with Gasteiger partial charge in [-0.3, -0.25) is 0 Å². The van der Waals surface area contributed by atoms with E-state index in [-0.39, 0.29) is 0 Å². The van der Waals surface area contributed by atoms with E-state index in [1.165, 1.54) is 12.4 Å². The predicted octanol–water partition coefficient (Wildman–Crippen LogP) is 2.77. The van der Waals surface area contributed by atoms with E-state index in [0.29, 0.717) is 21.3 Å². The van der Waals surface area contributed by atoms with Crippen LogP contribution < -0.4 is 9.47 Å². The lowest BCUT2D eigenvalue weighted by atomic mass is 10.3. The lowest BCUT2D eigenvalue weighted by Crippen LogP contribution is -2.23. The number of rotatable bonds is 2. The third kappa shape index (κ3) is 2.60. The molecule has 0 saturated carbocycles. The molecule has 0 atom stereocenters. The molecule has 0 radical (unpaired) electrons. The van der Waals surface area contributed by atoms with Crippen LogP contribution in [0.4, 0.5) is 0 Å². The van der Waals surface area contributed by atoms with Crippen LogP contribution in [0, 0.1) is 5.21 Å². The largest absolute Gasteiger partial charge is 0.619 e. The highest BCUT2D eigenvalue weighted by Crippen LogP contribution is 2.21. The van der Waals surface area contributed by atoms with Crippen molar-refractivity contribution < 1.29 is 9.47 Å². The molecule has 0 aliphatic rings. The van der Waals surface area contributed by atoms with Gasteiger partial charge in [0.05, 0.1) is 0 Å². The molecular weight excluding hydrogens is 214 g/mol. The number of aromatic nitrogens is 1. The normalized spacial score (nSPS) is 9.93. The zero-order valence-corrected chi connectivity index (χ0v) is 8.52. The van der Waals surface area contributed by atoms with Crippen molar-refractivity contribution >= 4 is 11.6 Å². The Kier molecular flexibility index (Phi) is 2.74. The summed E-state index contributed by atoms with van der Waals surface area (Å²) in [5.41, 5.74) is 0. The number of benzene rings is 1. The molecule has 0 bridgehead atoms. The van der Waals surface area contributed by atoms with Gasteiger partial charge in [-0.15, -0.1) is 0 Å². The first-order chi connectivity index (χ1) is 7.24. The Hall–Kier alpha value is -1.74. The van der Waals surface area contributed by atoms with Crippen molar-refractivity contribution in [2.45, 2.75) is 0 Å². The highest BCUT2D eigenvalue weighted by atomic mass is 35.5. The molecule has 0 spiro atoms. The van der Waals surface area contributed by atoms with E-state index >= 15 is 0 Å². The predicted molar refractivity (Wildman–Crippen MR) is 56.9 cm³/mol. The molecule has 0 amide bonds. The summed E-state index contributed by atoms with van der Waals surface area (Å²) in [4.78, 5) is 0. The molecule has 2 aromatic rings. The molecule has 1 aromatic heterocycles. The molecule has 1 aromatic carbocycles. The van der Waals surface area contributed by atoms with E-state index in [0.717, 1.165) is 0 Å². The molecule has 0 fully saturated rings. The van der Waals surface area contributed by atoms with Crippen LogP contribution in [0.3, 0.4) is 0 Å². The summed E-state index contributed by atoms with van der Waals surface area (Å²) in [6.07, 6.45) is 2.75. The lowest BCUT2D eigenvalue weighted by Gasteiger charge is -2.04. The second-order valence-corrected chi connectivity index (χ2v) is 3.39. The van der Waals surface area contributed by atoms with Gasteiger partial charge in [-0.2, -0.15) is 4.73 Å². The first-order valence-corrected chi connectivity index (χ1v) is 4.74. The van der Waals surface area contributed by atoms with Gasteiger partial charge in [0.15, 0.2) is 11.9 Å². The van der Waals surface area contributed by atoms with Gasteiger partial charge in [0.1, 0.15) is 5.75 Å². The number of hydrogen-bond acceptors (Lipinski definition) is 2. The molecule has 4 heteroatoms. The molecule has 0 unspecified atom stereocenters. The lowest BCUT2D eigenvalue weighted by molar-refractivity contribution is -0.605. The van der Waals surface area contributed by atoms with Crippen molar-refractivity contribution in [3.8, 4) is 11.5 Å². The topological polar surface area (TPSA) is 36.2 Å². The standard InChI is InChI=1S/C11H8ClNO2/c12-9-3-5-10(6-4-9)15-11-2-1-7-13(14)8-11/h1-8H. The Morgan fingerprint density at radius 1 is 1.07 bits per heavy atom. The molecule has 76 valence electrons. The molecule has 3 nitrogen and oxygen atoms in total. The van der Waals surface area contributed by atoms with Crippen LogP contribution in [0.25, 0.3) is 0 Å². The van der Waals surface area contributed by atoms with E-state index in [1.807, 2.05) is 0 Å². The zero-order chi connectivity index (χ0) is 10.7. The molecule has 2 rings (SSSR count). The van der Waals surface area contributed by atoms with Gasteiger partial charge in [-0.1, -0.05) is 11.6 Å². The van der Waals surface area contributed by atoms with Crippen LogP contribution in [-0.2, 0) is 0 Å². The molecular formula is C11H8ClNO2. The Balaban J connectivity index is 2.18. The minimum Gasteiger partial charge on any atom is -0.619 e. The van der Waals surface area contributed by atoms with E-state index in [9.17, 15) is 5.21 Å². The monoisotopic (exact) mass is 221 g/mol. The summed E-state index contributed by atoms with van der Waals surface area (Å²) in [5.74, 6) is 1.14. The van der Waals surface area contributed by atoms with Crippen LogP contribution in [0.1, 0.15) is 0 Å². The summed E-state index contributed by atoms with van der Waals surface area (Å²) in [5, 5.41) is 11.6. The SMILES string of the molecule is [O-][n+]1cccc(Oc2ccc(Cl)cc2)c1. The molecule has 0 N–H and O–H groups in total. The average molecular weight is 222 g/mol. The number of nitrogens with zero attached hydrogens (tertiary/aromatic N) is 1. The highest BCUT2D eigenvalue weighted by molar-refractivity contribution is 6.30. The average Bonchev–Trinajstić information content (AvgIpc) is 2.22. The Labute approximate surface area is 92.1 Å². The fourth-order valence-corrected chi connectivity index (χ4v) is 1.26. The number of hydrogen-bond donors (Lipinski definition) is 0. The highest BCUT2D eigenvalue weighted by Gasteiger charge is 1.99. The molecule has 0 aliphatic heterocycles. The van der Waals surface area contributed by atoms with Crippen molar-refractivity contribution in [2.75, 3.05) is 0 Å². The van der Waals surface area contributed by atoms with Gasteiger partial charge in [-0.25, -0.2) is 0 Å². The van der Waals surface area contributed by atoms with E-state index in [2.05, 4.69) is 0 Å². The minimum absolute atomic E-state index is 0.495. The van der Waals surface area contributed by atoms with Gasteiger partial charge in [-0.05, 0) is 30.3 Å². The van der Waals surface area contributed by atoms with E-state index in [1.54, 1.807) is 36.4 Å². The summed E-state index contributed by atoms with van der Waals surface area (Å²) >= 11 is 5.73. The Bertz CT molecular complexity index is 456. The summed E-state index contributed by atoms with van der Waals surface area (Å²) < 4.78 is 6.12. The van der Waals surface area contributed by atoms with Gasteiger partial charge < -0.3 is 9.94 Å². The van der Waals surface area contributed by atoms with Crippen LogP contribution >= 0.6 is 11.6 Å². The van der Waals surface area contributed by atoms with E-state index < -0.39 is 0 Å². The van der Waals surface area contributed by atoms with Gasteiger partial charge in [0.2, 0.25) is 6.20 Å². The van der Waals surface area contributed by atoms with Gasteiger partial charge in [0, 0.05) is 11.1 Å². The first kappa shape index (κ1) is 9.80. The van der Waals surface area contributed by atoms with Crippen molar-refractivity contribution in [3.63, 3.8) is 0 Å². The quantitative estimate of drug-likeness (QED) is 0.578. The zero-order valence-electron chi connectivity index (χ0n) is 7.76. The number of halogens is 1. The fraction of sp³-hybridized carbons (Fsp3) is 0. The summed E-state index contributed by atoms with van der Waals surface area (Å²) in [6, 6.07) is 10.3. The van der Waals surface area contributed by atoms with Crippen LogP contribution in [-0.4, -0.2) is 0 Å². The van der Waals surface area contributed by atoms with Gasteiger partial charge in [0.25, 0.3) is 0 Å². The van der Waals surface area contributed by atoms with Crippen LogP contribution in [0.2, 0.25) is 5.02 Å². The molecule has 0 aliphatic carbocycles. The van der Waals surface area contributed by atoms with Crippen LogP contribution in [0.5, 0.6) is 11.5 Å². The summed E-state index contributed by atoms with van der Waals surface area (Å²) in [6.45, 7) is 0. The second kappa shape index (κ2) is 4.19. The van der Waals surface area contributed by atoms with Crippen molar-refractivity contribution in [1.29, 1.82) is 0 Å². The van der Waals surface area contributed by atoms with Crippen LogP contribution in [0.15, 0.2) is 48.8 Å². The van der Waals surface area contributed by atoms with Crippen molar-refractivity contribution in [2.24, 2.45) is 0 Å². The molecule has 0 saturated heterocycles. The Morgan fingerprint density at radius 3 is 2.47 bits per heavy atom. The fourth-order valence-electron chi connectivity index (χ4n) is 1.13. The van der Waals surface area contributed by atoms with E-state index in [4.69, 9.17) is 16.3 Å². The maximum Gasteiger partial charge on any atom is 0.223 e.